The smallest absolute Gasteiger partial charge is 0.176 e. The zero-order valence-corrected chi connectivity index (χ0v) is 17.6. The van der Waals surface area contributed by atoms with Crippen molar-refractivity contribution in [2.75, 3.05) is 56.6 Å². The molecule has 1 saturated carbocycles. The lowest BCUT2D eigenvalue weighted by Crippen LogP contribution is -2.35. The molecule has 2 aromatic heterocycles. The highest BCUT2D eigenvalue weighted by molar-refractivity contribution is 5.98. The minimum atomic E-state index is 0.194. The molecule has 0 atom stereocenters. The minimum absolute atomic E-state index is 0.194. The van der Waals surface area contributed by atoms with Crippen molar-refractivity contribution in [3.8, 4) is 0 Å². The number of aromatic amines is 1. The van der Waals surface area contributed by atoms with Gasteiger partial charge in [0, 0.05) is 63.1 Å². The van der Waals surface area contributed by atoms with E-state index >= 15 is 0 Å². The summed E-state index contributed by atoms with van der Waals surface area (Å²) in [5.74, 6) is 1.19. The van der Waals surface area contributed by atoms with Gasteiger partial charge in [-0.05, 0) is 43.2 Å². The van der Waals surface area contributed by atoms with Crippen molar-refractivity contribution in [2.24, 2.45) is 5.41 Å². The summed E-state index contributed by atoms with van der Waals surface area (Å²) in [7, 11) is 4.02. The Morgan fingerprint density at radius 1 is 1.10 bits per heavy atom. The summed E-state index contributed by atoms with van der Waals surface area (Å²) in [6, 6.07) is 9.96. The number of rotatable bonds is 5. The molecule has 3 heterocycles. The number of H-pyrrole nitrogens is 1. The van der Waals surface area contributed by atoms with Crippen LogP contribution in [-0.4, -0.2) is 72.5 Å². The second kappa shape index (κ2) is 7.40. The maximum Gasteiger partial charge on any atom is 0.176 e. The highest BCUT2D eigenvalue weighted by atomic mass is 16.1. The molecule has 2 fully saturated rings. The molecule has 0 bridgehead atoms. The molecule has 7 nitrogen and oxygen atoms in total. The Hall–Kier alpha value is -2.93. The van der Waals surface area contributed by atoms with Crippen molar-refractivity contribution in [1.82, 2.24) is 19.9 Å². The van der Waals surface area contributed by atoms with Crippen LogP contribution in [0.1, 0.15) is 23.2 Å². The van der Waals surface area contributed by atoms with Gasteiger partial charge in [0.25, 0.3) is 0 Å². The fraction of sp³-hybridized carbons (Fsp3) is 0.435. The normalized spacial score (nSPS) is 18.5. The van der Waals surface area contributed by atoms with Gasteiger partial charge in [-0.25, -0.2) is 9.97 Å². The number of anilines is 2. The van der Waals surface area contributed by atoms with Crippen LogP contribution in [-0.2, 0) is 0 Å². The van der Waals surface area contributed by atoms with E-state index in [1.165, 1.54) is 12.8 Å². The van der Waals surface area contributed by atoms with Gasteiger partial charge in [0.2, 0.25) is 0 Å². The predicted molar refractivity (Wildman–Crippen MR) is 119 cm³/mol. The number of hydrogen-bond acceptors (Lipinski definition) is 6. The van der Waals surface area contributed by atoms with Gasteiger partial charge in [-0.15, -0.1) is 0 Å². The molecule has 2 aliphatic rings. The molecule has 5 rings (SSSR count). The van der Waals surface area contributed by atoms with Gasteiger partial charge in [0.15, 0.2) is 5.78 Å². The Morgan fingerprint density at radius 2 is 1.90 bits per heavy atom. The summed E-state index contributed by atoms with van der Waals surface area (Å²) < 4.78 is 0. The highest BCUT2D eigenvalue weighted by Gasteiger charge is 2.47. The van der Waals surface area contributed by atoms with Crippen LogP contribution >= 0.6 is 0 Å². The van der Waals surface area contributed by atoms with E-state index in [0.29, 0.717) is 6.54 Å². The number of Topliss-reactive ketones (excluding diaryl/α,β-unsaturated/α-hetero) is 1. The molecule has 1 aliphatic carbocycles. The molecule has 30 heavy (non-hydrogen) atoms. The molecule has 1 spiro atoms. The Labute approximate surface area is 176 Å². The maximum absolute atomic E-state index is 12.9. The third kappa shape index (κ3) is 3.65. The molecule has 0 radical (unpaired) electrons. The molecule has 0 unspecified atom stereocenters. The van der Waals surface area contributed by atoms with Crippen molar-refractivity contribution >= 4 is 28.3 Å². The number of hydrogen-bond donors (Lipinski definition) is 1. The fourth-order valence-electron chi connectivity index (χ4n) is 4.51. The lowest BCUT2D eigenvalue weighted by Gasteiger charge is -2.25. The van der Waals surface area contributed by atoms with Crippen LogP contribution in [0.5, 0.6) is 0 Å². The molecule has 3 aromatic rings. The summed E-state index contributed by atoms with van der Waals surface area (Å²) in [5, 5.41) is 1.07. The standard InChI is InChI=1S/C23H28N6O/c1-27(2)18-5-3-17(4-6-18)20(30)13-28-11-12-29(15-23(14-28)8-9-23)22-19-7-10-24-21(19)25-16-26-22/h3-7,10,16H,8-9,11-15H2,1-2H3,(H,24,25,26). The minimum Gasteiger partial charge on any atom is -0.378 e. The molecule has 1 aliphatic heterocycles. The summed E-state index contributed by atoms with van der Waals surface area (Å²) in [4.78, 5) is 31.8. The van der Waals surface area contributed by atoms with Crippen LogP contribution in [0, 0.1) is 5.41 Å². The van der Waals surface area contributed by atoms with E-state index in [-0.39, 0.29) is 11.2 Å². The SMILES string of the molecule is CN(C)c1ccc(C(=O)CN2CCN(c3ncnc4[nH]ccc34)CC3(CC3)C2)cc1. The van der Waals surface area contributed by atoms with Crippen LogP contribution in [0.25, 0.3) is 11.0 Å². The second-order valence-corrected chi connectivity index (χ2v) is 8.93. The number of nitrogens with zero attached hydrogens (tertiary/aromatic N) is 5. The number of fused-ring (bicyclic) bond motifs is 1. The average Bonchev–Trinajstić information content (AvgIpc) is 3.37. The second-order valence-electron chi connectivity index (χ2n) is 8.93. The first-order valence-electron chi connectivity index (χ1n) is 10.6. The van der Waals surface area contributed by atoms with Crippen LogP contribution in [0.4, 0.5) is 11.5 Å². The first-order chi connectivity index (χ1) is 14.5. The van der Waals surface area contributed by atoms with Crippen LogP contribution in [0.3, 0.4) is 0 Å². The lowest BCUT2D eigenvalue weighted by molar-refractivity contribution is 0.0924. The first kappa shape index (κ1) is 19.1. The van der Waals surface area contributed by atoms with Gasteiger partial charge in [0.05, 0.1) is 11.9 Å². The maximum atomic E-state index is 12.9. The summed E-state index contributed by atoms with van der Waals surface area (Å²) in [5.41, 5.74) is 3.05. The monoisotopic (exact) mass is 404 g/mol. The van der Waals surface area contributed by atoms with Gasteiger partial charge in [-0.3, -0.25) is 9.69 Å². The van der Waals surface area contributed by atoms with Crippen molar-refractivity contribution < 1.29 is 4.79 Å². The number of carbonyl (C=O) groups excluding carboxylic acids is 1. The zero-order chi connectivity index (χ0) is 20.7. The predicted octanol–water partition coefficient (Wildman–Crippen LogP) is 2.81. The Kier molecular flexibility index (Phi) is 4.70. The van der Waals surface area contributed by atoms with Gasteiger partial charge in [-0.1, -0.05) is 0 Å². The van der Waals surface area contributed by atoms with Crippen molar-refractivity contribution in [1.29, 1.82) is 0 Å². The Bertz CT molecular complexity index is 1050. The largest absolute Gasteiger partial charge is 0.378 e. The van der Waals surface area contributed by atoms with Gasteiger partial charge in [-0.2, -0.15) is 0 Å². The van der Waals surface area contributed by atoms with E-state index in [9.17, 15) is 4.79 Å². The topological polar surface area (TPSA) is 68.4 Å². The van der Waals surface area contributed by atoms with E-state index in [1.54, 1.807) is 6.33 Å². The lowest BCUT2D eigenvalue weighted by atomic mass is 10.1. The van der Waals surface area contributed by atoms with Crippen molar-refractivity contribution in [2.45, 2.75) is 12.8 Å². The fourth-order valence-corrected chi connectivity index (χ4v) is 4.51. The number of benzene rings is 1. The van der Waals surface area contributed by atoms with Crippen LogP contribution in [0.2, 0.25) is 0 Å². The third-order valence-electron chi connectivity index (χ3n) is 6.43. The summed E-state index contributed by atoms with van der Waals surface area (Å²) >= 11 is 0. The van der Waals surface area contributed by atoms with Crippen LogP contribution in [0.15, 0.2) is 42.9 Å². The molecule has 156 valence electrons. The highest BCUT2D eigenvalue weighted by Crippen LogP contribution is 2.48. The molecular formula is C23H28N6O. The Balaban J connectivity index is 1.31. The molecule has 1 saturated heterocycles. The van der Waals surface area contributed by atoms with E-state index in [4.69, 9.17) is 0 Å². The van der Waals surface area contributed by atoms with E-state index in [1.807, 2.05) is 55.5 Å². The third-order valence-corrected chi connectivity index (χ3v) is 6.43. The zero-order valence-electron chi connectivity index (χ0n) is 17.6. The van der Waals surface area contributed by atoms with E-state index in [2.05, 4.69) is 24.8 Å². The number of carbonyl (C=O) groups is 1. The van der Waals surface area contributed by atoms with Gasteiger partial charge >= 0.3 is 0 Å². The van der Waals surface area contributed by atoms with Crippen molar-refractivity contribution in [3.05, 3.63) is 48.4 Å². The Morgan fingerprint density at radius 3 is 2.63 bits per heavy atom. The van der Waals surface area contributed by atoms with E-state index < -0.39 is 0 Å². The molecule has 7 heteroatoms. The average molecular weight is 405 g/mol. The molecule has 1 aromatic carbocycles. The quantitative estimate of drug-likeness (QED) is 0.660. The van der Waals surface area contributed by atoms with Gasteiger partial charge in [0.1, 0.15) is 17.8 Å². The summed E-state index contributed by atoms with van der Waals surface area (Å²) in [6.07, 6.45) is 5.98. The molecule has 1 N–H and O–H groups in total. The summed E-state index contributed by atoms with van der Waals surface area (Å²) in [6.45, 7) is 4.17. The molecular weight excluding hydrogens is 376 g/mol. The number of nitrogens with one attached hydrogen (secondary N) is 1. The van der Waals surface area contributed by atoms with E-state index in [0.717, 1.165) is 54.3 Å². The first-order valence-corrected chi connectivity index (χ1v) is 10.6. The van der Waals surface area contributed by atoms with Gasteiger partial charge < -0.3 is 14.8 Å². The van der Waals surface area contributed by atoms with Crippen LogP contribution < -0.4 is 9.80 Å². The molecule has 0 amide bonds. The number of ketones is 1. The van der Waals surface area contributed by atoms with Crippen molar-refractivity contribution in [3.63, 3.8) is 0 Å². The number of aromatic nitrogens is 3.